The minimum absolute atomic E-state index is 0.248. The summed E-state index contributed by atoms with van der Waals surface area (Å²) in [4.78, 5) is 4.22. The summed E-state index contributed by atoms with van der Waals surface area (Å²) in [5.41, 5.74) is 3.90. The lowest BCUT2D eigenvalue weighted by atomic mass is 10.0. The fraction of sp³-hybridized carbons (Fsp3) is 0.375. The van der Waals surface area contributed by atoms with Gasteiger partial charge in [-0.15, -0.1) is 15.3 Å². The normalized spacial score (nSPS) is 11.8. The Morgan fingerprint density at radius 2 is 1.76 bits per heavy atom. The van der Waals surface area contributed by atoms with Gasteiger partial charge in [0.05, 0.1) is 6.54 Å². The Morgan fingerprint density at radius 1 is 0.970 bits per heavy atom. The van der Waals surface area contributed by atoms with Crippen LogP contribution in [0.2, 0.25) is 0 Å². The molecule has 2 aromatic heterocycles. The van der Waals surface area contributed by atoms with Crippen molar-refractivity contribution in [2.45, 2.75) is 58.4 Å². The topological polar surface area (TPSA) is 85.2 Å². The smallest absolute Gasteiger partial charge is 0.245 e. The summed E-state index contributed by atoms with van der Waals surface area (Å²) < 4.78 is 30.5. The Hall–Kier alpha value is -3.49. The van der Waals surface area contributed by atoms with Crippen molar-refractivity contribution in [2.75, 3.05) is 0 Å². The summed E-state index contributed by atoms with van der Waals surface area (Å²) in [5.74, 6) is -2.23. The fourth-order valence-corrected chi connectivity index (χ4v) is 3.70. The highest BCUT2D eigenvalue weighted by Gasteiger charge is 2.36. The van der Waals surface area contributed by atoms with Gasteiger partial charge in [0.1, 0.15) is 5.82 Å². The van der Waals surface area contributed by atoms with Crippen molar-refractivity contribution in [3.8, 4) is 22.5 Å². The van der Waals surface area contributed by atoms with Crippen LogP contribution >= 0.6 is 0 Å². The lowest BCUT2D eigenvalue weighted by Crippen LogP contribution is -2.15. The number of alkyl halides is 2. The maximum atomic E-state index is 14.4. The van der Waals surface area contributed by atoms with Crippen molar-refractivity contribution in [3.05, 3.63) is 65.7 Å². The van der Waals surface area contributed by atoms with Gasteiger partial charge in [0.25, 0.3) is 0 Å². The molecule has 0 saturated heterocycles. The number of nitrogens with zero attached hydrogens (tertiary/aromatic N) is 6. The van der Waals surface area contributed by atoms with Gasteiger partial charge in [-0.2, -0.15) is 14.0 Å². The minimum Gasteiger partial charge on any atom is -0.245 e. The first-order chi connectivity index (χ1) is 16.0. The molecule has 9 heteroatoms. The second kappa shape index (κ2) is 9.97. The number of hydrogen-bond acceptors (Lipinski definition) is 5. The highest BCUT2D eigenvalue weighted by atomic mass is 19.3. The van der Waals surface area contributed by atoms with Crippen LogP contribution in [-0.2, 0) is 18.9 Å². The summed E-state index contributed by atoms with van der Waals surface area (Å²) in [7, 11) is 0. The molecular formula is C24H27F2N7. The van der Waals surface area contributed by atoms with Crippen LogP contribution in [-0.4, -0.2) is 35.4 Å². The van der Waals surface area contributed by atoms with E-state index in [0.29, 0.717) is 31.0 Å². The molecule has 33 heavy (non-hydrogen) atoms. The number of unbranched alkanes of at least 4 members (excludes halogenated alkanes) is 1. The van der Waals surface area contributed by atoms with E-state index in [0.717, 1.165) is 35.1 Å². The molecule has 0 spiro atoms. The number of rotatable bonds is 10. The average Bonchev–Trinajstić information content (AvgIpc) is 3.49. The van der Waals surface area contributed by atoms with Gasteiger partial charge in [-0.25, -0.2) is 9.67 Å². The van der Waals surface area contributed by atoms with E-state index in [1.807, 2.05) is 48.5 Å². The zero-order valence-corrected chi connectivity index (χ0v) is 18.8. The number of aromatic amines is 1. The Morgan fingerprint density at radius 3 is 2.45 bits per heavy atom. The van der Waals surface area contributed by atoms with Gasteiger partial charge in [-0.3, -0.25) is 0 Å². The summed E-state index contributed by atoms with van der Waals surface area (Å²) in [6.45, 7) is 4.21. The predicted octanol–water partition coefficient (Wildman–Crippen LogP) is 5.41. The fourth-order valence-electron chi connectivity index (χ4n) is 3.70. The molecule has 0 fully saturated rings. The third-order valence-corrected chi connectivity index (χ3v) is 5.48. The van der Waals surface area contributed by atoms with Gasteiger partial charge in [0.2, 0.25) is 11.6 Å². The lowest BCUT2D eigenvalue weighted by molar-refractivity contribution is -0.0232. The SMILES string of the molecule is CCCCc1nc(C(F)(F)CCC)nn1Cc1ccc(-c2cccc(-c3nn[nH]n3)c2)cc1. The molecular weight excluding hydrogens is 424 g/mol. The van der Waals surface area contributed by atoms with Crippen molar-refractivity contribution < 1.29 is 8.78 Å². The second-order valence-corrected chi connectivity index (χ2v) is 8.08. The molecule has 0 unspecified atom stereocenters. The number of nitrogens with one attached hydrogen (secondary N) is 1. The average molecular weight is 452 g/mol. The Labute approximate surface area is 191 Å². The molecule has 4 aromatic rings. The number of tetrazole rings is 1. The standard InChI is InChI=1S/C24H27F2N7/c1-3-5-9-21-27-23(24(25,26)14-4-2)30-33(21)16-17-10-12-18(13-11-17)19-7-6-8-20(15-19)22-28-31-32-29-22/h6-8,10-13,15H,3-5,9,14,16H2,1-2H3,(H,28,29,31,32). The lowest BCUT2D eigenvalue weighted by Gasteiger charge is -2.10. The summed E-state index contributed by atoms with van der Waals surface area (Å²) in [5, 5.41) is 18.3. The zero-order valence-electron chi connectivity index (χ0n) is 18.8. The Bertz CT molecular complexity index is 1170. The van der Waals surface area contributed by atoms with Gasteiger partial charge in [-0.05, 0) is 40.8 Å². The van der Waals surface area contributed by atoms with Crippen molar-refractivity contribution in [2.24, 2.45) is 0 Å². The molecule has 0 aliphatic rings. The quantitative estimate of drug-likeness (QED) is 0.349. The van der Waals surface area contributed by atoms with Crippen LogP contribution in [0, 0.1) is 0 Å². The minimum atomic E-state index is -3.01. The van der Waals surface area contributed by atoms with Crippen molar-refractivity contribution >= 4 is 0 Å². The molecule has 2 heterocycles. The largest absolute Gasteiger partial charge is 0.308 e. The maximum absolute atomic E-state index is 14.4. The first kappa shape index (κ1) is 22.7. The molecule has 2 aromatic carbocycles. The number of benzene rings is 2. The predicted molar refractivity (Wildman–Crippen MR) is 122 cm³/mol. The Kier molecular flexibility index (Phi) is 6.86. The molecule has 0 aliphatic heterocycles. The molecule has 0 atom stereocenters. The molecule has 172 valence electrons. The van der Waals surface area contributed by atoms with E-state index in [2.05, 4.69) is 37.6 Å². The number of hydrogen-bond donors (Lipinski definition) is 1. The monoisotopic (exact) mass is 451 g/mol. The van der Waals surface area contributed by atoms with Gasteiger partial charge in [0.15, 0.2) is 0 Å². The number of halogens is 2. The van der Waals surface area contributed by atoms with E-state index >= 15 is 0 Å². The van der Waals surface area contributed by atoms with Crippen LogP contribution in [0.4, 0.5) is 8.78 Å². The Balaban J connectivity index is 1.55. The van der Waals surface area contributed by atoms with Crippen LogP contribution in [0.3, 0.4) is 0 Å². The van der Waals surface area contributed by atoms with Crippen LogP contribution < -0.4 is 0 Å². The molecule has 0 saturated carbocycles. The van der Waals surface area contributed by atoms with E-state index < -0.39 is 5.92 Å². The molecule has 0 radical (unpaired) electrons. The van der Waals surface area contributed by atoms with E-state index in [9.17, 15) is 8.78 Å². The molecule has 0 aliphatic carbocycles. The summed E-state index contributed by atoms with van der Waals surface area (Å²) in [6, 6.07) is 15.9. The first-order valence-corrected chi connectivity index (χ1v) is 11.3. The molecule has 0 amide bonds. The van der Waals surface area contributed by atoms with E-state index in [-0.39, 0.29) is 12.2 Å². The van der Waals surface area contributed by atoms with Gasteiger partial charge in [-0.1, -0.05) is 62.7 Å². The summed E-state index contributed by atoms with van der Waals surface area (Å²) >= 11 is 0. The third kappa shape index (κ3) is 5.30. The van der Waals surface area contributed by atoms with Crippen molar-refractivity contribution in [1.29, 1.82) is 0 Å². The van der Waals surface area contributed by atoms with Crippen LogP contribution in [0.5, 0.6) is 0 Å². The van der Waals surface area contributed by atoms with Crippen molar-refractivity contribution in [1.82, 2.24) is 35.4 Å². The molecule has 4 rings (SSSR count). The van der Waals surface area contributed by atoms with E-state index in [4.69, 9.17) is 0 Å². The molecule has 1 N–H and O–H groups in total. The van der Waals surface area contributed by atoms with Gasteiger partial charge < -0.3 is 0 Å². The zero-order chi connectivity index (χ0) is 23.3. The number of aryl methyl sites for hydroxylation is 1. The number of aromatic nitrogens is 7. The van der Waals surface area contributed by atoms with Crippen LogP contribution in [0.15, 0.2) is 48.5 Å². The van der Waals surface area contributed by atoms with Crippen LogP contribution in [0.1, 0.15) is 56.7 Å². The second-order valence-electron chi connectivity index (χ2n) is 8.08. The van der Waals surface area contributed by atoms with Crippen molar-refractivity contribution in [3.63, 3.8) is 0 Å². The van der Waals surface area contributed by atoms with E-state index in [1.54, 1.807) is 11.6 Å². The number of H-pyrrole nitrogens is 1. The van der Waals surface area contributed by atoms with Gasteiger partial charge in [0, 0.05) is 18.4 Å². The van der Waals surface area contributed by atoms with Crippen LogP contribution in [0.25, 0.3) is 22.5 Å². The maximum Gasteiger partial charge on any atom is 0.308 e. The first-order valence-electron chi connectivity index (χ1n) is 11.3. The van der Waals surface area contributed by atoms with E-state index in [1.165, 1.54) is 0 Å². The van der Waals surface area contributed by atoms with Gasteiger partial charge >= 0.3 is 5.92 Å². The summed E-state index contributed by atoms with van der Waals surface area (Å²) in [6.07, 6.45) is 2.61. The molecule has 7 nitrogen and oxygen atoms in total. The highest BCUT2D eigenvalue weighted by molar-refractivity contribution is 5.70. The highest BCUT2D eigenvalue weighted by Crippen LogP contribution is 2.31. The third-order valence-electron chi connectivity index (χ3n) is 5.48. The molecule has 0 bridgehead atoms.